The molecule has 1 aromatic carbocycles. The summed E-state index contributed by atoms with van der Waals surface area (Å²) in [7, 11) is 5.73. The first kappa shape index (κ1) is 19.1. The third-order valence-electron chi connectivity index (χ3n) is 5.42. The van der Waals surface area contributed by atoms with E-state index in [1.54, 1.807) is 0 Å². The van der Waals surface area contributed by atoms with Crippen molar-refractivity contribution in [3.63, 3.8) is 0 Å². The van der Waals surface area contributed by atoms with Crippen LogP contribution in [0.1, 0.15) is 10.4 Å². The summed E-state index contributed by atoms with van der Waals surface area (Å²) < 4.78 is 3.01. The molecule has 0 saturated heterocycles. The maximum Gasteiger partial charge on any atom is 0.249 e. The van der Waals surface area contributed by atoms with Gasteiger partial charge in [0.05, 0.1) is 36.1 Å². The summed E-state index contributed by atoms with van der Waals surface area (Å²) in [5.41, 5.74) is 4.15. The Balaban J connectivity index is 0.00000192. The van der Waals surface area contributed by atoms with Crippen molar-refractivity contribution in [2.45, 2.75) is 0 Å². The fourth-order valence-electron chi connectivity index (χ4n) is 4.27. The number of aromatic nitrogens is 2. The smallest absolute Gasteiger partial charge is 0.249 e. The highest BCUT2D eigenvalue weighted by molar-refractivity contribution is 9.10. The molecule has 28 heavy (non-hydrogen) atoms. The van der Waals surface area contributed by atoms with E-state index < -0.39 is 0 Å². The predicted octanol–water partition coefficient (Wildman–Crippen LogP) is 0.721. The number of Topliss-reactive ketones (excluding diaryl/α,β-unsaturated/α-hetero) is 1. The number of fused-ring (bicyclic) bond motifs is 4. The molecule has 2 aliphatic heterocycles. The highest BCUT2D eigenvalue weighted by atomic mass is 79.9. The number of halogens is 2. The van der Waals surface area contributed by atoms with E-state index in [2.05, 4.69) is 15.9 Å². The molecule has 0 atom stereocenters. The van der Waals surface area contributed by atoms with E-state index in [1.165, 1.54) is 0 Å². The second kappa shape index (κ2) is 6.11. The average Bonchev–Trinajstić information content (AvgIpc) is 2.59. The normalized spacial score (nSPS) is 15.2. The van der Waals surface area contributed by atoms with Gasteiger partial charge in [0.2, 0.25) is 11.2 Å². The van der Waals surface area contributed by atoms with Crippen LogP contribution in [-0.4, -0.2) is 36.0 Å². The zero-order chi connectivity index (χ0) is 19.1. The number of quaternary nitrogens is 1. The largest absolute Gasteiger partial charge is 1.00 e. The molecule has 0 fully saturated rings. The van der Waals surface area contributed by atoms with Crippen LogP contribution in [0.4, 0.5) is 5.69 Å². The van der Waals surface area contributed by atoms with Gasteiger partial charge in [-0.1, -0.05) is 22.0 Å². The van der Waals surface area contributed by atoms with E-state index in [0.29, 0.717) is 22.2 Å². The number of hydrogen-bond acceptors (Lipinski definition) is 3. The molecule has 0 unspecified atom stereocenters. The van der Waals surface area contributed by atoms with Crippen LogP contribution in [0, 0.1) is 0 Å². The Bertz CT molecular complexity index is 1340. The number of ketones is 1. The van der Waals surface area contributed by atoms with Crippen LogP contribution in [0.2, 0.25) is 0 Å². The highest BCUT2D eigenvalue weighted by Gasteiger charge is 2.40. The van der Waals surface area contributed by atoms with Crippen LogP contribution in [0.15, 0.2) is 45.9 Å². The van der Waals surface area contributed by atoms with Crippen molar-refractivity contribution in [1.82, 2.24) is 14.0 Å². The number of likely N-dealkylation sites (N-methyl/N-ethyl adjacent to an activating group) is 1. The van der Waals surface area contributed by atoms with Gasteiger partial charge in [-0.15, -0.1) is 0 Å². The Morgan fingerprint density at radius 1 is 1.14 bits per heavy atom. The van der Waals surface area contributed by atoms with E-state index in [-0.39, 0.29) is 34.6 Å². The van der Waals surface area contributed by atoms with E-state index in [9.17, 15) is 9.59 Å². The Hall–Kier alpha value is -2.28. The fraction of sp³-hybridized carbons (Fsp3) is 0.190. The van der Waals surface area contributed by atoms with Crippen molar-refractivity contribution < 1.29 is 17.2 Å². The molecule has 3 heterocycles. The second-order valence-corrected chi connectivity index (χ2v) is 8.67. The number of aryl methyl sites for hydroxylation is 1. The lowest BCUT2D eigenvalue weighted by Gasteiger charge is -2.34. The summed E-state index contributed by atoms with van der Waals surface area (Å²) in [6.07, 6.45) is 3.75. The summed E-state index contributed by atoms with van der Waals surface area (Å²) >= 11 is 3.49. The molecule has 2 aromatic rings. The lowest BCUT2D eigenvalue weighted by molar-refractivity contribution is -0.0000141. The number of hydrogen-bond donors (Lipinski definition) is 0. The summed E-state index contributed by atoms with van der Waals surface area (Å²) in [4.78, 5) is 31.5. The number of carbonyl (C=O) groups excluding carboxylic acids is 1. The monoisotopic (exact) mass is 457 g/mol. The molecule has 5 nitrogen and oxygen atoms in total. The Kier molecular flexibility index (Phi) is 4.16. The SMILES string of the molecule is Cn1ccc2c3nc4cc(Br)ccc4c4c3c(c(=O)c-2c1)[N+](C)(C)CC4=O.[Cl-]. The van der Waals surface area contributed by atoms with E-state index in [1.807, 2.05) is 62.4 Å². The van der Waals surface area contributed by atoms with Gasteiger partial charge in [0.1, 0.15) is 6.54 Å². The van der Waals surface area contributed by atoms with Crippen LogP contribution in [0.5, 0.6) is 0 Å². The van der Waals surface area contributed by atoms with Gasteiger partial charge in [-0.25, -0.2) is 4.98 Å². The van der Waals surface area contributed by atoms with Crippen LogP contribution in [0.25, 0.3) is 32.9 Å². The minimum absolute atomic E-state index is 0. The van der Waals surface area contributed by atoms with Gasteiger partial charge >= 0.3 is 0 Å². The first-order valence-electron chi connectivity index (χ1n) is 8.69. The molecule has 0 amide bonds. The molecule has 3 aliphatic rings. The zero-order valence-electron chi connectivity index (χ0n) is 15.6. The van der Waals surface area contributed by atoms with Crippen molar-refractivity contribution in [3.05, 3.63) is 56.9 Å². The molecule has 0 radical (unpaired) electrons. The van der Waals surface area contributed by atoms with Crippen LogP contribution in [-0.2, 0) is 7.05 Å². The zero-order valence-corrected chi connectivity index (χ0v) is 17.9. The number of nitrogens with zero attached hydrogens (tertiary/aromatic N) is 3. The minimum atomic E-state index is -0.0225. The summed E-state index contributed by atoms with van der Waals surface area (Å²) in [6.45, 7) is 0.261. The molecule has 0 bridgehead atoms. The molecule has 1 aliphatic carbocycles. The Morgan fingerprint density at radius 2 is 1.89 bits per heavy atom. The van der Waals surface area contributed by atoms with Crippen molar-refractivity contribution in [3.8, 4) is 11.1 Å². The molecule has 7 heteroatoms. The molecule has 0 N–H and O–H groups in total. The lowest BCUT2D eigenvalue weighted by atomic mass is 9.88. The van der Waals surface area contributed by atoms with Crippen LogP contribution < -0.4 is 22.3 Å². The summed E-state index contributed by atoms with van der Waals surface area (Å²) in [6, 6.07) is 7.66. The highest BCUT2D eigenvalue weighted by Crippen LogP contribution is 2.42. The number of pyridine rings is 2. The summed E-state index contributed by atoms with van der Waals surface area (Å²) in [5, 5.41) is 1.51. The predicted molar refractivity (Wildman–Crippen MR) is 112 cm³/mol. The molecule has 0 saturated carbocycles. The number of benzene rings is 2. The Labute approximate surface area is 176 Å². The standard InChI is InChI=1S/C21H17BrN3O2.ClH/c1-24-7-6-12-14(9-24)21(27)20-18-17(16(26)10-25(20,2)3)13-5-4-11(22)8-15(13)23-19(12)18;/h4-9H,10H2,1-3H3;1H/q+1;/p-1. The average molecular weight is 459 g/mol. The molecule has 1 aromatic heterocycles. The van der Waals surface area contributed by atoms with Gasteiger partial charge < -0.3 is 17.0 Å². The van der Waals surface area contributed by atoms with Gasteiger partial charge in [0.15, 0.2) is 5.69 Å². The van der Waals surface area contributed by atoms with Crippen molar-refractivity contribution in [2.24, 2.45) is 7.05 Å². The molecular formula is C21H17BrClN3O2. The van der Waals surface area contributed by atoms with E-state index >= 15 is 0 Å². The van der Waals surface area contributed by atoms with Crippen LogP contribution in [0.3, 0.4) is 0 Å². The maximum atomic E-state index is 13.4. The molecule has 142 valence electrons. The van der Waals surface area contributed by atoms with Gasteiger partial charge in [-0.2, -0.15) is 0 Å². The van der Waals surface area contributed by atoms with Crippen molar-refractivity contribution in [1.29, 1.82) is 0 Å². The molecular weight excluding hydrogens is 442 g/mol. The van der Waals surface area contributed by atoms with Crippen LogP contribution >= 0.6 is 15.9 Å². The van der Waals surface area contributed by atoms with Gasteiger partial charge in [0, 0.05) is 40.4 Å². The van der Waals surface area contributed by atoms with Crippen molar-refractivity contribution in [2.75, 3.05) is 20.6 Å². The lowest BCUT2D eigenvalue weighted by Crippen LogP contribution is -3.00. The Morgan fingerprint density at radius 3 is 2.64 bits per heavy atom. The minimum Gasteiger partial charge on any atom is -1.00 e. The maximum absolute atomic E-state index is 13.4. The first-order chi connectivity index (χ1) is 12.8. The third kappa shape index (κ3) is 2.45. The number of rotatable bonds is 0. The first-order valence-corrected chi connectivity index (χ1v) is 9.49. The van der Waals surface area contributed by atoms with E-state index in [4.69, 9.17) is 4.98 Å². The van der Waals surface area contributed by atoms with Gasteiger partial charge in [-0.3, -0.25) is 14.1 Å². The van der Waals surface area contributed by atoms with Gasteiger partial charge in [-0.05, 0) is 18.2 Å². The van der Waals surface area contributed by atoms with Gasteiger partial charge in [0.25, 0.3) is 0 Å². The van der Waals surface area contributed by atoms with Crippen molar-refractivity contribution >= 4 is 49.2 Å². The molecule has 0 spiro atoms. The summed E-state index contributed by atoms with van der Waals surface area (Å²) in [5.74, 6) is 0.0486. The third-order valence-corrected chi connectivity index (χ3v) is 5.92. The topological polar surface area (TPSA) is 52.0 Å². The quantitative estimate of drug-likeness (QED) is 0.222. The molecule has 5 rings (SSSR count). The second-order valence-electron chi connectivity index (χ2n) is 7.75. The van der Waals surface area contributed by atoms with E-state index in [0.717, 1.165) is 26.5 Å². The fourth-order valence-corrected chi connectivity index (χ4v) is 4.62. The number of carbonyl (C=O) groups is 1.